The van der Waals surface area contributed by atoms with Gasteiger partial charge in [-0.05, 0) is 28.5 Å². The van der Waals surface area contributed by atoms with Crippen molar-refractivity contribution in [2.45, 2.75) is 48.0 Å². The van der Waals surface area contributed by atoms with E-state index in [9.17, 15) is 0 Å². The zero-order valence-electron chi connectivity index (χ0n) is 15.4. The van der Waals surface area contributed by atoms with Gasteiger partial charge in [0.1, 0.15) is 5.76 Å². The van der Waals surface area contributed by atoms with Crippen LogP contribution in [0.1, 0.15) is 48.0 Å². The predicted octanol–water partition coefficient (Wildman–Crippen LogP) is 1.05. The standard InChI is InChI=1S/C19H24Cl2O.2ClH.Ti/c1-18(2,3)12-10-13(19(4,5)6)16(11-12)22-17-14(20)8-7-9-15(17)21;;;/h7-10H,11H2,1-6H3;2*1H;/q;;;+2/p-2. The minimum Gasteiger partial charge on any atom is -1.00 e. The topological polar surface area (TPSA) is 9.23 Å². The van der Waals surface area contributed by atoms with Gasteiger partial charge in [0.25, 0.3) is 0 Å². The number of allylic oxidation sites excluding steroid dienone is 3. The monoisotopic (exact) mass is 456 g/mol. The number of halogens is 4. The summed E-state index contributed by atoms with van der Waals surface area (Å²) >= 11 is 12.5. The van der Waals surface area contributed by atoms with Crippen LogP contribution in [0.4, 0.5) is 0 Å². The first-order valence-electron chi connectivity index (χ1n) is 7.56. The van der Waals surface area contributed by atoms with Crippen LogP contribution in [-0.4, -0.2) is 0 Å². The minimum absolute atomic E-state index is 0. The summed E-state index contributed by atoms with van der Waals surface area (Å²) in [5, 5.41) is 1.08. The molecule has 0 aromatic heterocycles. The van der Waals surface area contributed by atoms with Crippen LogP contribution in [0.2, 0.25) is 10.0 Å². The number of ether oxygens (including phenoxy) is 1. The second-order valence-corrected chi connectivity index (χ2v) is 8.65. The van der Waals surface area contributed by atoms with E-state index >= 15 is 0 Å². The molecular formula is C19H24Cl4OTi. The molecule has 0 saturated heterocycles. The summed E-state index contributed by atoms with van der Waals surface area (Å²) in [5.74, 6) is 1.50. The maximum absolute atomic E-state index is 6.25. The van der Waals surface area contributed by atoms with Crippen LogP contribution in [0.5, 0.6) is 5.75 Å². The molecule has 0 unspecified atom stereocenters. The third-order valence-electron chi connectivity index (χ3n) is 3.89. The first kappa shape index (κ1) is 27.6. The van der Waals surface area contributed by atoms with Crippen LogP contribution in [0, 0.1) is 10.8 Å². The van der Waals surface area contributed by atoms with Gasteiger partial charge in [-0.15, -0.1) is 0 Å². The number of hydrogen-bond acceptors (Lipinski definition) is 1. The fourth-order valence-corrected chi connectivity index (χ4v) is 2.96. The molecule has 1 aromatic carbocycles. The molecule has 0 radical (unpaired) electrons. The summed E-state index contributed by atoms with van der Waals surface area (Å²) in [6.07, 6.45) is 3.08. The Morgan fingerprint density at radius 1 is 0.880 bits per heavy atom. The van der Waals surface area contributed by atoms with Gasteiger partial charge in [0.05, 0.1) is 10.0 Å². The molecule has 0 aliphatic heterocycles. The summed E-state index contributed by atoms with van der Waals surface area (Å²) < 4.78 is 6.17. The molecule has 1 aliphatic rings. The van der Waals surface area contributed by atoms with E-state index in [1.54, 1.807) is 12.1 Å². The maximum atomic E-state index is 6.25. The smallest absolute Gasteiger partial charge is 1.00 e. The summed E-state index contributed by atoms with van der Waals surface area (Å²) in [7, 11) is 0. The Labute approximate surface area is 189 Å². The van der Waals surface area contributed by atoms with Gasteiger partial charge in [0.2, 0.25) is 0 Å². The second-order valence-electron chi connectivity index (χ2n) is 7.84. The maximum Gasteiger partial charge on any atom is 2.00 e. The average Bonchev–Trinajstić information content (AvgIpc) is 2.77. The van der Waals surface area contributed by atoms with E-state index < -0.39 is 0 Å². The average molecular weight is 458 g/mol. The molecule has 0 spiro atoms. The predicted molar refractivity (Wildman–Crippen MR) is 95.7 cm³/mol. The van der Waals surface area contributed by atoms with E-state index in [4.69, 9.17) is 27.9 Å². The van der Waals surface area contributed by atoms with Gasteiger partial charge < -0.3 is 29.6 Å². The van der Waals surface area contributed by atoms with Crippen LogP contribution in [0.25, 0.3) is 0 Å². The van der Waals surface area contributed by atoms with Crippen molar-refractivity contribution >= 4 is 23.2 Å². The molecule has 1 nitrogen and oxygen atoms in total. The van der Waals surface area contributed by atoms with Crippen LogP contribution in [0.3, 0.4) is 0 Å². The van der Waals surface area contributed by atoms with Gasteiger partial charge in [-0.3, -0.25) is 0 Å². The summed E-state index contributed by atoms with van der Waals surface area (Å²) in [5.41, 5.74) is 2.71. The molecule has 0 N–H and O–H groups in total. The van der Waals surface area contributed by atoms with E-state index in [1.165, 1.54) is 11.1 Å². The van der Waals surface area contributed by atoms with Crippen LogP contribution in [0.15, 0.2) is 41.2 Å². The van der Waals surface area contributed by atoms with Crippen molar-refractivity contribution in [3.8, 4) is 5.75 Å². The van der Waals surface area contributed by atoms with Crippen LogP contribution < -0.4 is 29.6 Å². The molecule has 2 rings (SSSR count). The van der Waals surface area contributed by atoms with E-state index in [-0.39, 0.29) is 57.4 Å². The van der Waals surface area contributed by atoms with Crippen molar-refractivity contribution in [3.63, 3.8) is 0 Å². The number of para-hydroxylation sites is 1. The molecule has 0 bridgehead atoms. The van der Waals surface area contributed by atoms with Crippen molar-refractivity contribution in [1.82, 2.24) is 0 Å². The molecule has 1 aliphatic carbocycles. The van der Waals surface area contributed by atoms with Crippen molar-refractivity contribution in [2.24, 2.45) is 10.8 Å². The zero-order valence-corrected chi connectivity index (χ0v) is 20.0. The van der Waals surface area contributed by atoms with Gasteiger partial charge in [0.15, 0.2) is 5.75 Å². The van der Waals surface area contributed by atoms with E-state index in [2.05, 4.69) is 47.6 Å². The van der Waals surface area contributed by atoms with E-state index in [0.717, 1.165) is 12.2 Å². The number of hydrogen-bond donors (Lipinski definition) is 0. The zero-order chi connectivity index (χ0) is 16.7. The van der Waals surface area contributed by atoms with Gasteiger partial charge in [-0.25, -0.2) is 0 Å². The third-order valence-corrected chi connectivity index (χ3v) is 4.48. The Balaban J connectivity index is 0. The first-order chi connectivity index (χ1) is 10.00. The minimum atomic E-state index is 0. The van der Waals surface area contributed by atoms with Gasteiger partial charge >= 0.3 is 21.7 Å². The molecule has 0 amide bonds. The molecule has 0 saturated carbocycles. The van der Waals surface area contributed by atoms with Gasteiger partial charge in [-0.1, -0.05) is 82.5 Å². The van der Waals surface area contributed by atoms with E-state index in [1.807, 2.05) is 6.07 Å². The summed E-state index contributed by atoms with van der Waals surface area (Å²) in [6, 6.07) is 5.42. The SMILES string of the molecule is CC(C)(C)C1=CC(C(C)(C)C)=C(Oc2c(Cl)cccc2Cl)C1.[Cl-].[Cl-].[Ti+2]. The molecular weight excluding hydrogens is 434 g/mol. The van der Waals surface area contributed by atoms with Gasteiger partial charge in [-0.2, -0.15) is 0 Å². The normalized spacial score (nSPS) is 14.2. The second kappa shape index (κ2) is 10.1. The summed E-state index contributed by atoms with van der Waals surface area (Å²) in [6.45, 7) is 13.3. The Morgan fingerprint density at radius 3 is 1.76 bits per heavy atom. The van der Waals surface area contributed by atoms with Crippen molar-refractivity contribution in [3.05, 3.63) is 51.2 Å². The largest absolute Gasteiger partial charge is 2.00 e. The fraction of sp³-hybridized carbons (Fsp3) is 0.474. The van der Waals surface area contributed by atoms with Crippen LogP contribution >= 0.6 is 23.2 Å². The quantitative estimate of drug-likeness (QED) is 0.603. The number of benzene rings is 1. The molecule has 0 fully saturated rings. The molecule has 1 aromatic rings. The molecule has 25 heavy (non-hydrogen) atoms. The Kier molecular flexibility index (Phi) is 11.1. The fourth-order valence-electron chi connectivity index (χ4n) is 2.48. The van der Waals surface area contributed by atoms with Crippen LogP contribution in [-0.2, 0) is 21.7 Å². The molecule has 138 valence electrons. The third kappa shape index (κ3) is 6.80. The molecule has 6 heteroatoms. The molecule has 0 heterocycles. The summed E-state index contributed by atoms with van der Waals surface area (Å²) in [4.78, 5) is 0. The Bertz CT molecular complexity index is 632. The Hall–Kier alpha value is 0.374. The van der Waals surface area contributed by atoms with Crippen molar-refractivity contribution in [2.75, 3.05) is 0 Å². The van der Waals surface area contributed by atoms with Crippen molar-refractivity contribution < 1.29 is 51.3 Å². The Morgan fingerprint density at radius 2 is 1.36 bits per heavy atom. The van der Waals surface area contributed by atoms with Gasteiger partial charge in [0, 0.05) is 6.42 Å². The van der Waals surface area contributed by atoms with E-state index in [0.29, 0.717) is 15.8 Å². The number of rotatable bonds is 2. The van der Waals surface area contributed by atoms with Crippen molar-refractivity contribution in [1.29, 1.82) is 0 Å². The molecule has 0 atom stereocenters. The first-order valence-corrected chi connectivity index (χ1v) is 8.32.